The molecule has 1 aromatic carbocycles. The largest absolute Gasteiger partial charge is 0.459 e. The van der Waals surface area contributed by atoms with Crippen LogP contribution in [0.15, 0.2) is 35.9 Å². The molecular formula is C45H66O6. The monoisotopic (exact) mass is 702 g/mol. The van der Waals surface area contributed by atoms with Crippen LogP contribution < -0.4 is 9.47 Å². The molecule has 6 nitrogen and oxygen atoms in total. The van der Waals surface area contributed by atoms with Gasteiger partial charge in [-0.15, -0.1) is 0 Å². The molecule has 3 saturated carbocycles. The molecule has 0 aliphatic heterocycles. The molecule has 5 rings (SSSR count). The average molecular weight is 703 g/mol. The molecule has 282 valence electrons. The van der Waals surface area contributed by atoms with E-state index >= 15 is 0 Å². The predicted molar refractivity (Wildman–Crippen MR) is 204 cm³/mol. The Balaban J connectivity index is 1.33. The van der Waals surface area contributed by atoms with Gasteiger partial charge in [0.2, 0.25) is 0 Å². The van der Waals surface area contributed by atoms with Crippen LogP contribution in [-0.2, 0) is 19.1 Å². The molecule has 1 aromatic rings. The van der Waals surface area contributed by atoms with Crippen molar-refractivity contribution in [1.29, 1.82) is 0 Å². The zero-order chi connectivity index (χ0) is 37.4. The van der Waals surface area contributed by atoms with E-state index in [2.05, 4.69) is 61.5 Å². The second-order valence-electron chi connectivity index (χ2n) is 18.8. The van der Waals surface area contributed by atoms with Crippen LogP contribution in [0.1, 0.15) is 158 Å². The fourth-order valence-corrected chi connectivity index (χ4v) is 11.3. The zero-order valence-electron chi connectivity index (χ0n) is 33.4. The summed E-state index contributed by atoms with van der Waals surface area (Å²) in [5.74, 6) is 0.696. The lowest BCUT2D eigenvalue weighted by atomic mass is 9.39. The summed E-state index contributed by atoms with van der Waals surface area (Å²) in [4.78, 5) is 36.5. The highest BCUT2D eigenvalue weighted by Crippen LogP contribution is 2.71. The van der Waals surface area contributed by atoms with Crippen LogP contribution in [0.2, 0.25) is 0 Å². The molecule has 51 heavy (non-hydrogen) atoms. The molecule has 4 aliphatic rings. The van der Waals surface area contributed by atoms with E-state index in [4.69, 9.17) is 14.2 Å². The van der Waals surface area contributed by atoms with Crippen LogP contribution in [0.3, 0.4) is 0 Å². The number of carbonyl (C=O) groups is 3. The molecule has 0 aromatic heterocycles. The molecular weight excluding hydrogens is 636 g/mol. The number of benzene rings is 1. The number of rotatable bonds is 7. The van der Waals surface area contributed by atoms with Crippen molar-refractivity contribution in [2.24, 2.45) is 44.8 Å². The Kier molecular flexibility index (Phi) is 11.5. The molecule has 0 heterocycles. The van der Waals surface area contributed by atoms with Crippen molar-refractivity contribution in [2.45, 2.75) is 159 Å². The molecule has 0 amide bonds. The molecule has 0 spiro atoms. The quantitative estimate of drug-likeness (QED) is 0.122. The maximum atomic E-state index is 13.3. The summed E-state index contributed by atoms with van der Waals surface area (Å²) in [5, 5.41) is 0. The van der Waals surface area contributed by atoms with Gasteiger partial charge in [0, 0.05) is 25.3 Å². The Labute approximate surface area is 308 Å². The van der Waals surface area contributed by atoms with Crippen LogP contribution in [-0.4, -0.2) is 24.0 Å². The minimum atomic E-state index is -0.531. The van der Waals surface area contributed by atoms with Crippen LogP contribution >= 0.6 is 0 Å². The van der Waals surface area contributed by atoms with Crippen LogP contribution in [0.5, 0.6) is 11.5 Å². The van der Waals surface area contributed by atoms with E-state index in [1.54, 1.807) is 24.3 Å². The van der Waals surface area contributed by atoms with Gasteiger partial charge in [0.05, 0.1) is 0 Å². The van der Waals surface area contributed by atoms with Gasteiger partial charge in [-0.1, -0.05) is 85.9 Å². The topological polar surface area (TPSA) is 78.9 Å². The smallest absolute Gasteiger partial charge is 0.331 e. The van der Waals surface area contributed by atoms with Crippen LogP contribution in [0.4, 0.5) is 0 Å². The van der Waals surface area contributed by atoms with E-state index in [0.717, 1.165) is 31.6 Å². The highest BCUT2D eigenvalue weighted by atomic mass is 16.6. The molecule has 4 aliphatic carbocycles. The van der Waals surface area contributed by atoms with E-state index in [-0.39, 0.29) is 39.8 Å². The standard InChI is InChI=1S/C45H66O6/c1-11-21-45-26-24-41(5,6)29-36(45)35-17-16-34-30(2)13-19-39(42(7,8)22-12-23-43(34,9)44(35,10)25-27-45)51-40(48)20-15-33-14-18-37(49-31(3)46)38(28-33)50-32(4)47/h14-15,17-18,20,28,30,34,36,39H,11-13,16,19,21-27,29H2,1-10H3. The number of ether oxygens (including phenoxy) is 3. The van der Waals surface area contributed by atoms with Crippen LogP contribution in [0, 0.1) is 44.8 Å². The van der Waals surface area contributed by atoms with Crippen molar-refractivity contribution in [1.82, 2.24) is 0 Å². The lowest BCUT2D eigenvalue weighted by Crippen LogP contribution is -2.57. The van der Waals surface area contributed by atoms with Gasteiger partial charge in [0.1, 0.15) is 6.10 Å². The molecule has 3 fully saturated rings. The number of carbonyl (C=O) groups excluding carboxylic acids is 3. The Hall–Kier alpha value is -2.89. The summed E-state index contributed by atoms with van der Waals surface area (Å²) in [6.45, 7) is 22.4. The van der Waals surface area contributed by atoms with E-state index in [1.807, 2.05) is 5.57 Å². The first kappa shape index (κ1) is 39.3. The van der Waals surface area contributed by atoms with Gasteiger partial charge in [0.15, 0.2) is 11.5 Å². The van der Waals surface area contributed by atoms with Gasteiger partial charge >= 0.3 is 17.9 Å². The minimum Gasteiger partial charge on any atom is -0.459 e. The van der Waals surface area contributed by atoms with Crippen molar-refractivity contribution < 1.29 is 28.6 Å². The summed E-state index contributed by atoms with van der Waals surface area (Å²) in [5.41, 5.74) is 3.67. The van der Waals surface area contributed by atoms with E-state index in [0.29, 0.717) is 28.2 Å². The third kappa shape index (κ3) is 8.05. The highest BCUT2D eigenvalue weighted by Gasteiger charge is 2.61. The molecule has 0 bridgehead atoms. The lowest BCUT2D eigenvalue weighted by Gasteiger charge is -2.66. The Morgan fingerprint density at radius 2 is 1.55 bits per heavy atom. The first-order valence-electron chi connectivity index (χ1n) is 19.9. The summed E-state index contributed by atoms with van der Waals surface area (Å²) < 4.78 is 16.7. The van der Waals surface area contributed by atoms with E-state index in [9.17, 15) is 14.4 Å². The molecule has 0 saturated heterocycles. The van der Waals surface area contributed by atoms with Crippen molar-refractivity contribution in [3.05, 3.63) is 41.5 Å². The average Bonchev–Trinajstić information content (AvgIpc) is 3.03. The molecule has 6 heteroatoms. The maximum Gasteiger partial charge on any atom is 0.331 e. The summed E-state index contributed by atoms with van der Waals surface area (Å²) in [6, 6.07) is 4.83. The van der Waals surface area contributed by atoms with Crippen molar-refractivity contribution in [3.8, 4) is 11.5 Å². The number of allylic oxidation sites excluding steroid dienone is 2. The number of esters is 3. The highest BCUT2D eigenvalue weighted by molar-refractivity contribution is 5.87. The second-order valence-corrected chi connectivity index (χ2v) is 18.8. The first-order valence-corrected chi connectivity index (χ1v) is 19.9. The zero-order valence-corrected chi connectivity index (χ0v) is 33.4. The summed E-state index contributed by atoms with van der Waals surface area (Å²) in [6.07, 6.45) is 21.5. The molecule has 7 atom stereocenters. The summed E-state index contributed by atoms with van der Waals surface area (Å²) in [7, 11) is 0. The third-order valence-electron chi connectivity index (χ3n) is 14.5. The van der Waals surface area contributed by atoms with E-state index < -0.39 is 11.9 Å². The predicted octanol–water partition coefficient (Wildman–Crippen LogP) is 11.5. The van der Waals surface area contributed by atoms with Crippen LogP contribution in [0.25, 0.3) is 6.08 Å². The third-order valence-corrected chi connectivity index (χ3v) is 14.5. The Morgan fingerprint density at radius 3 is 2.24 bits per heavy atom. The van der Waals surface area contributed by atoms with Crippen molar-refractivity contribution in [2.75, 3.05) is 0 Å². The van der Waals surface area contributed by atoms with Gasteiger partial charge in [-0.3, -0.25) is 9.59 Å². The normalized spacial score (nSPS) is 34.6. The summed E-state index contributed by atoms with van der Waals surface area (Å²) >= 11 is 0. The Bertz CT molecular complexity index is 1530. The van der Waals surface area contributed by atoms with E-state index in [1.165, 1.54) is 77.7 Å². The molecule has 0 N–H and O–H groups in total. The van der Waals surface area contributed by atoms with Gasteiger partial charge in [-0.2, -0.15) is 0 Å². The van der Waals surface area contributed by atoms with Gasteiger partial charge in [0.25, 0.3) is 0 Å². The fourth-order valence-electron chi connectivity index (χ4n) is 11.3. The van der Waals surface area contributed by atoms with Crippen molar-refractivity contribution >= 4 is 24.0 Å². The van der Waals surface area contributed by atoms with Gasteiger partial charge in [-0.05, 0) is 134 Å². The van der Waals surface area contributed by atoms with Gasteiger partial charge in [-0.25, -0.2) is 4.79 Å². The molecule has 0 radical (unpaired) electrons. The second kappa shape index (κ2) is 14.9. The fraction of sp³-hybridized carbons (Fsp3) is 0.711. The lowest BCUT2D eigenvalue weighted by molar-refractivity contribution is -0.151. The maximum absolute atomic E-state index is 13.3. The first-order chi connectivity index (χ1) is 23.8. The van der Waals surface area contributed by atoms with Crippen molar-refractivity contribution in [3.63, 3.8) is 0 Å². The number of hydrogen-bond acceptors (Lipinski definition) is 6. The number of hydrogen-bond donors (Lipinski definition) is 0. The number of fused-ring (bicyclic) bond motifs is 5. The van der Waals surface area contributed by atoms with Gasteiger partial charge < -0.3 is 14.2 Å². The Morgan fingerprint density at radius 1 is 0.863 bits per heavy atom. The SMILES string of the molecule is CCCC12CCC(C)(C)CC1C1=CCC3C(C)CCC(OC(=O)C=Cc4ccc(OC(C)=O)c(OC(C)=O)c4)C(C)(C)CCCC3(C)C1(C)CC2. The minimum absolute atomic E-state index is 0.122. The molecule has 7 unspecified atom stereocenters.